The Morgan fingerprint density at radius 2 is 1.94 bits per heavy atom. The summed E-state index contributed by atoms with van der Waals surface area (Å²) in [4.78, 5) is 28.7. The zero-order chi connectivity index (χ0) is 24.8. The molecule has 9 nitrogen and oxygen atoms in total. The lowest BCUT2D eigenvalue weighted by molar-refractivity contribution is -0.147. The van der Waals surface area contributed by atoms with Crippen molar-refractivity contribution in [2.24, 2.45) is 0 Å². The minimum atomic E-state index is -3.84. The standard InChI is InChI=1S/C23H24ClN3O6S2/c24-17-9-8-16(14-20(17)35(30,31)27-10-12-32-13-11-27)25-21(28)15-33-23(29)7-3-6-22-26-18-4-1-2-5-19(18)34-22/h1-2,4-5,8-9,14H,3,6-7,10-13,15H2,(H,25,28). The van der Waals surface area contributed by atoms with Crippen molar-refractivity contribution in [3.63, 3.8) is 0 Å². The van der Waals surface area contributed by atoms with Gasteiger partial charge < -0.3 is 14.8 Å². The topological polar surface area (TPSA) is 115 Å². The number of rotatable bonds is 9. The van der Waals surface area contributed by atoms with Gasteiger partial charge in [0.25, 0.3) is 5.91 Å². The van der Waals surface area contributed by atoms with Gasteiger partial charge in [-0.25, -0.2) is 13.4 Å². The molecular formula is C23H24ClN3O6S2. The second-order valence-corrected chi connectivity index (χ2v) is 11.2. The summed E-state index contributed by atoms with van der Waals surface area (Å²) >= 11 is 7.72. The number of sulfonamides is 1. The van der Waals surface area contributed by atoms with E-state index < -0.39 is 28.5 Å². The molecule has 4 rings (SSSR count). The largest absolute Gasteiger partial charge is 0.456 e. The minimum Gasteiger partial charge on any atom is -0.456 e. The van der Waals surface area contributed by atoms with Crippen molar-refractivity contribution in [1.82, 2.24) is 9.29 Å². The maximum absolute atomic E-state index is 12.9. The summed E-state index contributed by atoms with van der Waals surface area (Å²) in [6, 6.07) is 12.0. The van der Waals surface area contributed by atoms with E-state index in [0.29, 0.717) is 26.1 Å². The number of halogens is 1. The number of hydrogen-bond acceptors (Lipinski definition) is 8. The lowest BCUT2D eigenvalue weighted by Gasteiger charge is -2.26. The third kappa shape index (κ3) is 6.56. The van der Waals surface area contributed by atoms with Crippen LogP contribution in [0.1, 0.15) is 17.8 Å². The van der Waals surface area contributed by atoms with E-state index in [-0.39, 0.29) is 35.1 Å². The number of para-hydroxylation sites is 1. The number of morpholine rings is 1. The Morgan fingerprint density at radius 3 is 2.71 bits per heavy atom. The van der Waals surface area contributed by atoms with Gasteiger partial charge in [-0.3, -0.25) is 9.59 Å². The third-order valence-corrected chi connectivity index (χ3v) is 8.75. The first kappa shape index (κ1) is 25.5. The number of ether oxygens (including phenoxy) is 2. The number of carbonyl (C=O) groups is 2. The molecule has 1 aliphatic rings. The first-order valence-electron chi connectivity index (χ1n) is 11.0. The van der Waals surface area contributed by atoms with Crippen molar-refractivity contribution >= 4 is 60.7 Å². The monoisotopic (exact) mass is 537 g/mol. The van der Waals surface area contributed by atoms with Gasteiger partial charge >= 0.3 is 5.97 Å². The number of thiazole rings is 1. The molecule has 0 aliphatic carbocycles. The summed E-state index contributed by atoms with van der Waals surface area (Å²) in [6.45, 7) is 0.584. The molecule has 0 unspecified atom stereocenters. The van der Waals surface area contributed by atoms with Crippen LogP contribution in [-0.4, -0.2) is 62.5 Å². The highest BCUT2D eigenvalue weighted by molar-refractivity contribution is 7.89. The van der Waals surface area contributed by atoms with E-state index in [4.69, 9.17) is 21.1 Å². The zero-order valence-corrected chi connectivity index (χ0v) is 21.1. The van der Waals surface area contributed by atoms with Gasteiger partial charge in [-0.15, -0.1) is 11.3 Å². The first-order chi connectivity index (χ1) is 16.8. The fraction of sp³-hybridized carbons (Fsp3) is 0.348. The van der Waals surface area contributed by atoms with Crippen molar-refractivity contribution in [2.45, 2.75) is 24.2 Å². The Morgan fingerprint density at radius 1 is 1.17 bits per heavy atom. The lowest BCUT2D eigenvalue weighted by Crippen LogP contribution is -2.40. The Bertz CT molecular complexity index is 1290. The van der Waals surface area contributed by atoms with E-state index in [1.54, 1.807) is 11.3 Å². The molecule has 1 fully saturated rings. The predicted molar refractivity (Wildman–Crippen MR) is 133 cm³/mol. The quantitative estimate of drug-likeness (QED) is 0.415. The van der Waals surface area contributed by atoms with Crippen LogP contribution in [0.5, 0.6) is 0 Å². The van der Waals surface area contributed by atoms with Gasteiger partial charge in [-0.1, -0.05) is 23.7 Å². The number of carbonyl (C=O) groups excluding carboxylic acids is 2. The molecule has 1 amide bonds. The molecule has 1 aliphatic heterocycles. The van der Waals surface area contributed by atoms with Crippen LogP contribution in [0, 0.1) is 0 Å². The van der Waals surface area contributed by atoms with Crippen LogP contribution >= 0.6 is 22.9 Å². The van der Waals surface area contributed by atoms with Crippen molar-refractivity contribution in [3.05, 3.63) is 52.5 Å². The number of aromatic nitrogens is 1. The third-order valence-electron chi connectivity index (χ3n) is 5.28. The van der Waals surface area contributed by atoms with E-state index >= 15 is 0 Å². The van der Waals surface area contributed by atoms with Crippen LogP contribution < -0.4 is 5.32 Å². The molecule has 2 aromatic carbocycles. The number of hydrogen-bond donors (Lipinski definition) is 1. The number of anilines is 1. The van der Waals surface area contributed by atoms with E-state index in [1.807, 2.05) is 24.3 Å². The SMILES string of the molecule is O=C(COC(=O)CCCc1nc2ccccc2s1)Nc1ccc(Cl)c(S(=O)(=O)N2CCOCC2)c1. The molecule has 0 atom stereocenters. The predicted octanol–water partition coefficient (Wildman–Crippen LogP) is 3.48. The summed E-state index contributed by atoms with van der Waals surface area (Å²) in [5.41, 5.74) is 1.17. The highest BCUT2D eigenvalue weighted by Crippen LogP contribution is 2.28. The van der Waals surface area contributed by atoms with Crippen LogP contribution in [0.3, 0.4) is 0 Å². The average molecular weight is 538 g/mol. The smallest absolute Gasteiger partial charge is 0.306 e. The van der Waals surface area contributed by atoms with Crippen LogP contribution in [0.2, 0.25) is 5.02 Å². The molecule has 12 heteroatoms. The molecular weight excluding hydrogens is 514 g/mol. The minimum absolute atomic E-state index is 0.0500. The van der Waals surface area contributed by atoms with E-state index in [1.165, 1.54) is 22.5 Å². The molecule has 0 bridgehead atoms. The number of benzene rings is 2. The number of fused-ring (bicyclic) bond motifs is 1. The fourth-order valence-electron chi connectivity index (χ4n) is 3.53. The van der Waals surface area contributed by atoms with Crippen LogP contribution in [0.25, 0.3) is 10.2 Å². The molecule has 1 N–H and O–H groups in total. The van der Waals surface area contributed by atoms with Crippen LogP contribution in [-0.2, 0) is 35.5 Å². The first-order valence-corrected chi connectivity index (χ1v) is 13.6. The highest BCUT2D eigenvalue weighted by atomic mass is 35.5. The Kier molecular flexibility index (Phi) is 8.34. The van der Waals surface area contributed by atoms with Crippen molar-refractivity contribution in [1.29, 1.82) is 0 Å². The number of esters is 1. The molecule has 1 saturated heterocycles. The Hall–Kier alpha value is -2.57. The van der Waals surface area contributed by atoms with Gasteiger partial charge in [-0.2, -0.15) is 4.31 Å². The van der Waals surface area contributed by atoms with Crippen LogP contribution in [0.4, 0.5) is 5.69 Å². The van der Waals surface area contributed by atoms with E-state index in [0.717, 1.165) is 15.2 Å². The maximum atomic E-state index is 12.9. The van der Waals surface area contributed by atoms with Crippen LogP contribution in [0.15, 0.2) is 47.4 Å². The normalized spacial score (nSPS) is 14.7. The van der Waals surface area contributed by atoms with Gasteiger partial charge in [0.15, 0.2) is 6.61 Å². The molecule has 1 aromatic heterocycles. The number of nitrogens with one attached hydrogen (secondary N) is 1. The van der Waals surface area contributed by atoms with Crippen molar-refractivity contribution in [2.75, 3.05) is 38.2 Å². The van der Waals surface area contributed by atoms with Crippen molar-refractivity contribution in [3.8, 4) is 0 Å². The van der Waals surface area contributed by atoms with E-state index in [9.17, 15) is 18.0 Å². The summed E-state index contributed by atoms with van der Waals surface area (Å²) in [5.74, 6) is -1.07. The molecule has 0 saturated carbocycles. The molecule has 35 heavy (non-hydrogen) atoms. The molecule has 0 radical (unpaired) electrons. The second-order valence-electron chi connectivity index (χ2n) is 7.80. The highest BCUT2D eigenvalue weighted by Gasteiger charge is 2.28. The summed E-state index contributed by atoms with van der Waals surface area (Å²) in [5, 5.41) is 3.54. The van der Waals surface area contributed by atoms with Gasteiger partial charge in [0.1, 0.15) is 4.90 Å². The van der Waals surface area contributed by atoms with Gasteiger partial charge in [0, 0.05) is 25.2 Å². The number of amides is 1. The van der Waals surface area contributed by atoms with Crippen molar-refractivity contribution < 1.29 is 27.5 Å². The Balaban J connectivity index is 1.25. The van der Waals surface area contributed by atoms with E-state index in [2.05, 4.69) is 10.3 Å². The van der Waals surface area contributed by atoms with Gasteiger partial charge in [0.2, 0.25) is 10.0 Å². The average Bonchev–Trinajstić information content (AvgIpc) is 3.27. The lowest BCUT2D eigenvalue weighted by atomic mass is 10.2. The molecule has 186 valence electrons. The molecule has 0 spiro atoms. The summed E-state index contributed by atoms with van der Waals surface area (Å²) in [7, 11) is -3.84. The van der Waals surface area contributed by atoms with Gasteiger partial charge in [-0.05, 0) is 43.2 Å². The number of aryl methyl sites for hydroxylation is 1. The second kappa shape index (κ2) is 11.4. The van der Waals surface area contributed by atoms with Gasteiger partial charge in [0.05, 0.1) is 33.5 Å². The summed E-state index contributed by atoms with van der Waals surface area (Å²) in [6.07, 6.45) is 1.36. The zero-order valence-electron chi connectivity index (χ0n) is 18.7. The molecule has 2 heterocycles. The number of nitrogens with zero attached hydrogens (tertiary/aromatic N) is 2. The Labute approximate surface area is 212 Å². The molecule has 3 aromatic rings. The fourth-order valence-corrected chi connectivity index (χ4v) is 6.45. The summed E-state index contributed by atoms with van der Waals surface area (Å²) < 4.78 is 38.5. The maximum Gasteiger partial charge on any atom is 0.306 e.